The van der Waals surface area contributed by atoms with E-state index in [1.54, 1.807) is 7.11 Å². The zero-order chi connectivity index (χ0) is 14.7. The number of hydrogen-bond donors (Lipinski definition) is 1. The van der Waals surface area contributed by atoms with Crippen LogP contribution in [0.1, 0.15) is 10.4 Å². The molecule has 2 heterocycles. The molecule has 0 radical (unpaired) electrons. The van der Waals surface area contributed by atoms with Crippen LogP contribution in [0.4, 0.5) is 0 Å². The lowest BCUT2D eigenvalue weighted by Crippen LogP contribution is -2.19. The molecule has 4 heteroatoms. The lowest BCUT2D eigenvalue weighted by Gasteiger charge is -2.08. The molecule has 0 aliphatic rings. The first kappa shape index (κ1) is 14.2. The summed E-state index contributed by atoms with van der Waals surface area (Å²) < 4.78 is 7.67. The van der Waals surface area contributed by atoms with Crippen LogP contribution in [-0.2, 0) is 13.1 Å². The van der Waals surface area contributed by atoms with E-state index in [0.29, 0.717) is 0 Å². The Kier molecular flexibility index (Phi) is 4.27. The van der Waals surface area contributed by atoms with Gasteiger partial charge in [-0.2, -0.15) is 0 Å². The van der Waals surface area contributed by atoms with E-state index in [9.17, 15) is 0 Å². The van der Waals surface area contributed by atoms with E-state index in [1.165, 1.54) is 21.3 Å². The highest BCUT2D eigenvalue weighted by Gasteiger charge is 2.05. The summed E-state index contributed by atoms with van der Waals surface area (Å²) in [6.45, 7) is 5.03. The standard InChI is InChI=1S/C17H20N2OS/c1-13-7-11-21-17(13)12-18-8-10-19-9-6-14-15(19)4-3-5-16(14)20-2/h3-7,9,11,18H,8,10,12H2,1-2H3. The summed E-state index contributed by atoms with van der Waals surface area (Å²) in [4.78, 5) is 1.43. The summed E-state index contributed by atoms with van der Waals surface area (Å²) in [5.74, 6) is 0.938. The molecule has 2 aromatic heterocycles. The molecule has 1 N–H and O–H groups in total. The zero-order valence-electron chi connectivity index (χ0n) is 12.4. The second kappa shape index (κ2) is 6.33. The number of nitrogens with one attached hydrogen (secondary N) is 1. The monoisotopic (exact) mass is 300 g/mol. The van der Waals surface area contributed by atoms with Crippen molar-refractivity contribution in [2.75, 3.05) is 13.7 Å². The highest BCUT2D eigenvalue weighted by Crippen LogP contribution is 2.26. The lowest BCUT2D eigenvalue weighted by molar-refractivity contribution is 0.420. The average molecular weight is 300 g/mol. The summed E-state index contributed by atoms with van der Waals surface area (Å²) >= 11 is 1.82. The second-order valence-electron chi connectivity index (χ2n) is 5.11. The maximum absolute atomic E-state index is 5.40. The van der Waals surface area contributed by atoms with Crippen molar-refractivity contribution in [2.24, 2.45) is 0 Å². The van der Waals surface area contributed by atoms with Crippen LogP contribution in [0.3, 0.4) is 0 Å². The van der Waals surface area contributed by atoms with Crippen LogP contribution < -0.4 is 10.1 Å². The van der Waals surface area contributed by atoms with Crippen LogP contribution in [0.2, 0.25) is 0 Å². The number of aryl methyl sites for hydroxylation is 1. The largest absolute Gasteiger partial charge is 0.496 e. The SMILES string of the molecule is COc1cccc2c1ccn2CCNCc1sccc1C. The van der Waals surface area contributed by atoms with Crippen LogP contribution in [0.25, 0.3) is 10.9 Å². The molecule has 0 spiro atoms. The van der Waals surface area contributed by atoms with Crippen LogP contribution in [0.5, 0.6) is 5.75 Å². The van der Waals surface area contributed by atoms with Gasteiger partial charge in [0.15, 0.2) is 0 Å². The molecular formula is C17H20N2OS. The molecule has 3 rings (SSSR count). The van der Waals surface area contributed by atoms with Crippen molar-refractivity contribution in [2.45, 2.75) is 20.0 Å². The number of nitrogens with zero attached hydrogens (tertiary/aromatic N) is 1. The molecule has 0 unspecified atom stereocenters. The maximum Gasteiger partial charge on any atom is 0.128 e. The van der Waals surface area contributed by atoms with Gasteiger partial charge in [0.05, 0.1) is 12.6 Å². The van der Waals surface area contributed by atoms with Gasteiger partial charge in [-0.25, -0.2) is 0 Å². The van der Waals surface area contributed by atoms with Crippen molar-refractivity contribution >= 4 is 22.2 Å². The van der Waals surface area contributed by atoms with Crippen molar-refractivity contribution in [1.29, 1.82) is 0 Å². The number of fused-ring (bicyclic) bond motifs is 1. The molecule has 0 aliphatic carbocycles. The van der Waals surface area contributed by atoms with Gasteiger partial charge in [-0.1, -0.05) is 6.07 Å². The third-order valence-electron chi connectivity index (χ3n) is 3.78. The Balaban J connectivity index is 1.62. The van der Waals surface area contributed by atoms with Gasteiger partial charge >= 0.3 is 0 Å². The molecule has 3 aromatic rings. The van der Waals surface area contributed by atoms with E-state index in [1.807, 2.05) is 23.5 Å². The van der Waals surface area contributed by atoms with Crippen LogP contribution in [0, 0.1) is 6.92 Å². The lowest BCUT2D eigenvalue weighted by atomic mass is 10.2. The zero-order valence-corrected chi connectivity index (χ0v) is 13.2. The van der Waals surface area contributed by atoms with Crippen molar-refractivity contribution in [1.82, 2.24) is 9.88 Å². The first-order valence-corrected chi connectivity index (χ1v) is 8.03. The van der Waals surface area contributed by atoms with Gasteiger partial charge in [0, 0.05) is 36.1 Å². The minimum absolute atomic E-state index is 0.938. The molecule has 0 atom stereocenters. The average Bonchev–Trinajstić information content (AvgIpc) is 3.10. The van der Waals surface area contributed by atoms with Crippen molar-refractivity contribution in [3.8, 4) is 5.75 Å². The Morgan fingerprint density at radius 1 is 1.24 bits per heavy atom. The van der Waals surface area contributed by atoms with E-state index in [0.717, 1.165) is 25.4 Å². The van der Waals surface area contributed by atoms with Crippen molar-refractivity contribution in [3.63, 3.8) is 0 Å². The van der Waals surface area contributed by atoms with Gasteiger partial charge in [-0.05, 0) is 42.1 Å². The summed E-state index contributed by atoms with van der Waals surface area (Å²) in [5, 5.41) is 6.84. The number of benzene rings is 1. The summed E-state index contributed by atoms with van der Waals surface area (Å²) in [5.41, 5.74) is 2.60. The van der Waals surface area contributed by atoms with Gasteiger partial charge in [-0.3, -0.25) is 0 Å². The Bertz CT molecular complexity index is 729. The summed E-state index contributed by atoms with van der Waals surface area (Å²) in [6, 6.07) is 10.5. The smallest absolute Gasteiger partial charge is 0.128 e. The molecule has 0 fully saturated rings. The van der Waals surface area contributed by atoms with Gasteiger partial charge in [-0.15, -0.1) is 11.3 Å². The molecule has 21 heavy (non-hydrogen) atoms. The second-order valence-corrected chi connectivity index (χ2v) is 6.11. The molecule has 0 aliphatic heterocycles. The third-order valence-corrected chi connectivity index (χ3v) is 4.80. The minimum atomic E-state index is 0.938. The van der Waals surface area contributed by atoms with Crippen molar-refractivity contribution in [3.05, 3.63) is 52.3 Å². The predicted octanol–water partition coefficient (Wildman–Crippen LogP) is 3.81. The number of thiophene rings is 1. The number of hydrogen-bond acceptors (Lipinski definition) is 3. The van der Waals surface area contributed by atoms with Gasteiger partial charge in [0.25, 0.3) is 0 Å². The van der Waals surface area contributed by atoms with Crippen molar-refractivity contribution < 1.29 is 4.74 Å². The molecule has 0 bridgehead atoms. The molecule has 1 aromatic carbocycles. The number of aromatic nitrogens is 1. The molecule has 110 valence electrons. The van der Waals surface area contributed by atoms with Gasteiger partial charge in [0.1, 0.15) is 5.75 Å². The fourth-order valence-corrected chi connectivity index (χ4v) is 3.43. The molecule has 0 saturated heterocycles. The van der Waals surface area contributed by atoms with E-state index in [2.05, 4.69) is 46.6 Å². The first-order valence-electron chi connectivity index (χ1n) is 7.15. The number of rotatable bonds is 6. The Hall–Kier alpha value is -1.78. The normalized spacial score (nSPS) is 11.1. The summed E-state index contributed by atoms with van der Waals surface area (Å²) in [7, 11) is 1.72. The first-order chi connectivity index (χ1) is 10.3. The summed E-state index contributed by atoms with van der Waals surface area (Å²) in [6.07, 6.45) is 2.13. The topological polar surface area (TPSA) is 26.2 Å². The minimum Gasteiger partial charge on any atom is -0.496 e. The van der Waals surface area contributed by atoms with Crippen LogP contribution in [0.15, 0.2) is 41.9 Å². The molecule has 3 nitrogen and oxygen atoms in total. The Labute approximate surface area is 129 Å². The highest BCUT2D eigenvalue weighted by atomic mass is 32.1. The third kappa shape index (κ3) is 2.96. The van der Waals surface area contributed by atoms with E-state index < -0.39 is 0 Å². The van der Waals surface area contributed by atoms with Gasteiger partial charge < -0.3 is 14.6 Å². The maximum atomic E-state index is 5.40. The molecule has 0 saturated carbocycles. The van der Waals surface area contributed by atoms with Gasteiger partial charge in [0.2, 0.25) is 0 Å². The highest BCUT2D eigenvalue weighted by molar-refractivity contribution is 7.10. The predicted molar refractivity (Wildman–Crippen MR) is 89.3 cm³/mol. The fraction of sp³-hybridized carbons (Fsp3) is 0.294. The van der Waals surface area contributed by atoms with E-state index in [-0.39, 0.29) is 0 Å². The quantitative estimate of drug-likeness (QED) is 0.701. The van der Waals surface area contributed by atoms with E-state index in [4.69, 9.17) is 4.74 Å². The van der Waals surface area contributed by atoms with Crippen LogP contribution in [-0.4, -0.2) is 18.2 Å². The fourth-order valence-electron chi connectivity index (χ4n) is 2.55. The molecular weight excluding hydrogens is 280 g/mol. The number of methoxy groups -OCH3 is 1. The molecule has 0 amide bonds. The number of ether oxygens (including phenoxy) is 1. The van der Waals surface area contributed by atoms with Crippen LogP contribution >= 0.6 is 11.3 Å². The van der Waals surface area contributed by atoms with E-state index >= 15 is 0 Å². The Morgan fingerprint density at radius 3 is 2.90 bits per heavy atom. The Morgan fingerprint density at radius 2 is 2.14 bits per heavy atom.